The molecule has 0 aliphatic carbocycles. The van der Waals surface area contributed by atoms with Gasteiger partial charge in [0.15, 0.2) is 0 Å². The third-order valence-corrected chi connectivity index (χ3v) is 3.10. The summed E-state index contributed by atoms with van der Waals surface area (Å²) in [5, 5.41) is 4.27. The molecule has 1 aromatic heterocycles. The van der Waals surface area contributed by atoms with Crippen LogP contribution in [-0.2, 0) is 6.54 Å². The lowest BCUT2D eigenvalue weighted by Crippen LogP contribution is -2.03. The van der Waals surface area contributed by atoms with Gasteiger partial charge in [-0.2, -0.15) is 0 Å². The molecule has 4 heteroatoms. The zero-order chi connectivity index (χ0) is 13.8. The normalized spacial score (nSPS) is 10.4. The molecule has 4 nitrogen and oxygen atoms in total. The van der Waals surface area contributed by atoms with Crippen LogP contribution in [-0.4, -0.2) is 17.1 Å². The molecule has 0 spiro atoms. The van der Waals surface area contributed by atoms with E-state index in [9.17, 15) is 0 Å². The highest BCUT2D eigenvalue weighted by molar-refractivity contribution is 5.78. The predicted molar refractivity (Wildman–Crippen MR) is 79.9 cm³/mol. The second kappa shape index (κ2) is 5.57. The summed E-state index contributed by atoms with van der Waals surface area (Å²) in [6, 6.07) is 15.9. The van der Waals surface area contributed by atoms with Crippen LogP contribution in [0.3, 0.4) is 0 Å². The number of nitrogens with zero attached hydrogens (tertiary/aromatic N) is 2. The number of benzene rings is 2. The number of aromatic nitrogens is 2. The highest BCUT2D eigenvalue weighted by atomic mass is 16.5. The zero-order valence-electron chi connectivity index (χ0n) is 11.2. The third kappa shape index (κ3) is 2.69. The Labute approximate surface area is 117 Å². The maximum Gasteiger partial charge on any atom is 0.223 e. The second-order valence-corrected chi connectivity index (χ2v) is 4.45. The van der Waals surface area contributed by atoms with Crippen molar-refractivity contribution in [3.8, 4) is 5.75 Å². The van der Waals surface area contributed by atoms with E-state index in [2.05, 4.69) is 15.3 Å². The Morgan fingerprint density at radius 2 is 1.85 bits per heavy atom. The lowest BCUT2D eigenvalue weighted by atomic mass is 10.2. The van der Waals surface area contributed by atoms with Crippen molar-refractivity contribution in [1.29, 1.82) is 0 Å². The molecule has 0 unspecified atom stereocenters. The Hall–Kier alpha value is -2.62. The second-order valence-electron chi connectivity index (χ2n) is 4.45. The van der Waals surface area contributed by atoms with E-state index in [1.165, 1.54) is 0 Å². The number of hydrogen-bond donors (Lipinski definition) is 1. The Balaban J connectivity index is 1.72. The molecule has 0 radical (unpaired) electrons. The Morgan fingerprint density at radius 3 is 2.65 bits per heavy atom. The van der Waals surface area contributed by atoms with Crippen LogP contribution in [0.2, 0.25) is 0 Å². The molecule has 0 amide bonds. The maximum atomic E-state index is 5.14. The summed E-state index contributed by atoms with van der Waals surface area (Å²) in [5.74, 6) is 1.50. The zero-order valence-corrected chi connectivity index (χ0v) is 11.2. The van der Waals surface area contributed by atoms with Gasteiger partial charge in [0, 0.05) is 18.1 Å². The number of fused-ring (bicyclic) bond motifs is 1. The van der Waals surface area contributed by atoms with Gasteiger partial charge in [-0.3, -0.25) is 0 Å². The summed E-state index contributed by atoms with van der Waals surface area (Å²) in [6.07, 6.45) is 1.83. The van der Waals surface area contributed by atoms with Crippen LogP contribution in [0.25, 0.3) is 10.9 Å². The van der Waals surface area contributed by atoms with Crippen LogP contribution in [0.5, 0.6) is 5.75 Å². The van der Waals surface area contributed by atoms with Crippen LogP contribution >= 0.6 is 0 Å². The Bertz CT molecular complexity index is 710. The highest BCUT2D eigenvalue weighted by Gasteiger charge is 2.00. The lowest BCUT2D eigenvalue weighted by molar-refractivity contribution is 0.414. The molecule has 1 heterocycles. The molecule has 0 saturated carbocycles. The molecule has 0 saturated heterocycles. The molecule has 2 aromatic carbocycles. The summed E-state index contributed by atoms with van der Waals surface area (Å²) in [4.78, 5) is 8.79. The van der Waals surface area contributed by atoms with E-state index in [0.717, 1.165) is 22.2 Å². The highest BCUT2D eigenvalue weighted by Crippen LogP contribution is 2.14. The van der Waals surface area contributed by atoms with Gasteiger partial charge >= 0.3 is 0 Å². The summed E-state index contributed by atoms with van der Waals surface area (Å²) in [5.41, 5.74) is 2.10. The standard InChI is InChI=1S/C16H15N3O/c1-20-14-8-6-12(7-9-14)10-17-16-18-11-13-4-2-3-5-15(13)19-16/h2-9,11H,10H2,1H3,(H,17,18,19). The van der Waals surface area contributed by atoms with Gasteiger partial charge in [0.2, 0.25) is 5.95 Å². The van der Waals surface area contributed by atoms with Gasteiger partial charge in [-0.25, -0.2) is 9.97 Å². The molecular weight excluding hydrogens is 250 g/mol. The number of para-hydroxylation sites is 1. The molecular formula is C16H15N3O. The van der Waals surface area contributed by atoms with Gasteiger partial charge in [-0.1, -0.05) is 30.3 Å². The van der Waals surface area contributed by atoms with Crippen molar-refractivity contribution in [3.05, 3.63) is 60.3 Å². The van der Waals surface area contributed by atoms with E-state index in [0.29, 0.717) is 12.5 Å². The van der Waals surface area contributed by atoms with Crippen molar-refractivity contribution >= 4 is 16.9 Å². The Kier molecular flexibility index (Phi) is 3.46. The van der Waals surface area contributed by atoms with Gasteiger partial charge in [0.1, 0.15) is 5.75 Å². The Morgan fingerprint density at radius 1 is 1.05 bits per heavy atom. The SMILES string of the molecule is COc1ccc(CNc2ncc3ccccc3n2)cc1. The van der Waals surface area contributed by atoms with Gasteiger partial charge in [0.05, 0.1) is 12.6 Å². The minimum atomic E-state index is 0.638. The summed E-state index contributed by atoms with van der Waals surface area (Å²) >= 11 is 0. The minimum Gasteiger partial charge on any atom is -0.497 e. The number of nitrogens with one attached hydrogen (secondary N) is 1. The van der Waals surface area contributed by atoms with Gasteiger partial charge in [-0.05, 0) is 23.8 Å². The molecule has 0 atom stereocenters. The topological polar surface area (TPSA) is 47.0 Å². The molecule has 3 rings (SSSR count). The van der Waals surface area contributed by atoms with E-state index in [1.807, 2.05) is 54.7 Å². The van der Waals surface area contributed by atoms with Crippen molar-refractivity contribution in [1.82, 2.24) is 9.97 Å². The van der Waals surface area contributed by atoms with Crippen molar-refractivity contribution < 1.29 is 4.74 Å². The first kappa shape index (κ1) is 12.4. The van der Waals surface area contributed by atoms with E-state index in [1.54, 1.807) is 7.11 Å². The smallest absolute Gasteiger partial charge is 0.223 e. The molecule has 100 valence electrons. The number of anilines is 1. The molecule has 1 N–H and O–H groups in total. The minimum absolute atomic E-state index is 0.638. The third-order valence-electron chi connectivity index (χ3n) is 3.10. The fourth-order valence-corrected chi connectivity index (χ4v) is 1.98. The van der Waals surface area contributed by atoms with E-state index >= 15 is 0 Å². The molecule has 0 aliphatic rings. The molecule has 0 bridgehead atoms. The number of methoxy groups -OCH3 is 1. The van der Waals surface area contributed by atoms with Crippen molar-refractivity contribution in [3.63, 3.8) is 0 Å². The van der Waals surface area contributed by atoms with Crippen molar-refractivity contribution in [2.75, 3.05) is 12.4 Å². The number of hydrogen-bond acceptors (Lipinski definition) is 4. The van der Waals surface area contributed by atoms with Crippen LogP contribution in [0.4, 0.5) is 5.95 Å². The maximum absolute atomic E-state index is 5.14. The van der Waals surface area contributed by atoms with E-state index in [4.69, 9.17) is 4.74 Å². The number of ether oxygens (including phenoxy) is 1. The summed E-state index contributed by atoms with van der Waals surface area (Å²) < 4.78 is 5.14. The van der Waals surface area contributed by atoms with Crippen molar-refractivity contribution in [2.45, 2.75) is 6.54 Å². The first-order valence-electron chi connectivity index (χ1n) is 6.44. The molecule has 20 heavy (non-hydrogen) atoms. The first-order valence-corrected chi connectivity index (χ1v) is 6.44. The number of rotatable bonds is 4. The monoisotopic (exact) mass is 265 g/mol. The fraction of sp³-hybridized carbons (Fsp3) is 0.125. The summed E-state index contributed by atoms with van der Waals surface area (Å²) in [6.45, 7) is 0.683. The van der Waals surface area contributed by atoms with Gasteiger partial charge in [0.25, 0.3) is 0 Å². The molecule has 0 aliphatic heterocycles. The first-order chi connectivity index (χ1) is 9.85. The van der Waals surface area contributed by atoms with Crippen LogP contribution in [0, 0.1) is 0 Å². The molecule has 0 fully saturated rings. The predicted octanol–water partition coefficient (Wildman–Crippen LogP) is 3.25. The quantitative estimate of drug-likeness (QED) is 0.786. The van der Waals surface area contributed by atoms with Gasteiger partial charge in [-0.15, -0.1) is 0 Å². The average Bonchev–Trinajstić information content (AvgIpc) is 2.53. The molecule has 3 aromatic rings. The van der Waals surface area contributed by atoms with Crippen LogP contribution in [0.1, 0.15) is 5.56 Å². The van der Waals surface area contributed by atoms with Crippen LogP contribution in [0.15, 0.2) is 54.7 Å². The van der Waals surface area contributed by atoms with E-state index in [-0.39, 0.29) is 0 Å². The van der Waals surface area contributed by atoms with E-state index < -0.39 is 0 Å². The summed E-state index contributed by atoms with van der Waals surface area (Å²) in [7, 11) is 1.66. The van der Waals surface area contributed by atoms with Gasteiger partial charge < -0.3 is 10.1 Å². The fourth-order valence-electron chi connectivity index (χ4n) is 1.98. The van der Waals surface area contributed by atoms with Crippen molar-refractivity contribution in [2.24, 2.45) is 0 Å². The largest absolute Gasteiger partial charge is 0.497 e. The lowest BCUT2D eigenvalue weighted by Gasteiger charge is -2.06. The van der Waals surface area contributed by atoms with Crippen LogP contribution < -0.4 is 10.1 Å². The average molecular weight is 265 g/mol.